The summed E-state index contributed by atoms with van der Waals surface area (Å²) in [7, 11) is 0. The number of rotatable bonds is 5. The minimum absolute atomic E-state index is 0.0208. The van der Waals surface area contributed by atoms with Crippen molar-refractivity contribution in [2.45, 2.75) is 45.3 Å². The smallest absolute Gasteiger partial charge is 0.312 e. The second-order valence-electron chi connectivity index (χ2n) is 5.29. The molecule has 0 spiro atoms. The molecule has 21 heavy (non-hydrogen) atoms. The quantitative estimate of drug-likeness (QED) is 0.639. The molecule has 0 aliphatic heterocycles. The lowest BCUT2D eigenvalue weighted by Gasteiger charge is -2.52. The van der Waals surface area contributed by atoms with E-state index in [4.69, 9.17) is 4.74 Å². The monoisotopic (exact) mass is 361 g/mol. The first-order chi connectivity index (χ1) is 9.85. The number of aliphatic hydroxyl groups excluding tert-OH is 1. The molecule has 0 amide bonds. The molecule has 0 bridgehead atoms. The van der Waals surface area contributed by atoms with Gasteiger partial charge in [0.1, 0.15) is 11.9 Å². The van der Waals surface area contributed by atoms with Crippen molar-refractivity contribution in [3.8, 4) is 5.75 Å². The molecule has 1 aromatic carbocycles. The van der Waals surface area contributed by atoms with E-state index in [0.29, 0.717) is 19.3 Å². The second-order valence-corrected chi connectivity index (χ2v) is 6.14. The first-order valence-electron chi connectivity index (χ1n) is 6.83. The van der Waals surface area contributed by atoms with Crippen molar-refractivity contribution >= 4 is 21.6 Å². The normalized spacial score (nSPS) is 23.5. The number of benzene rings is 1. The first-order valence-corrected chi connectivity index (χ1v) is 7.63. The summed E-state index contributed by atoms with van der Waals surface area (Å²) in [6.07, 6.45) is 0.958. The van der Waals surface area contributed by atoms with Gasteiger partial charge in [0.15, 0.2) is 5.75 Å². The van der Waals surface area contributed by atoms with Crippen LogP contribution in [0.15, 0.2) is 16.6 Å². The topological polar surface area (TPSA) is 72.6 Å². The summed E-state index contributed by atoms with van der Waals surface area (Å²) in [6, 6.07) is 2.11. The van der Waals surface area contributed by atoms with Gasteiger partial charge in [-0.1, -0.05) is 13.8 Å². The SMILES string of the molecule is CCC1(CC)C(O)CC1Oc1cc(F)c(Br)cc1[N+](=O)[O-]. The average molecular weight is 362 g/mol. The zero-order chi connectivity index (χ0) is 15.8. The second kappa shape index (κ2) is 5.88. The van der Waals surface area contributed by atoms with Gasteiger partial charge in [0, 0.05) is 24.0 Å². The number of hydrogen-bond acceptors (Lipinski definition) is 4. The lowest BCUT2D eigenvalue weighted by molar-refractivity contribution is -0.386. The van der Waals surface area contributed by atoms with E-state index in [9.17, 15) is 19.6 Å². The Labute approximate surface area is 130 Å². The number of nitro benzene ring substituents is 1. The van der Waals surface area contributed by atoms with Crippen molar-refractivity contribution in [2.75, 3.05) is 0 Å². The molecule has 2 rings (SSSR count). The van der Waals surface area contributed by atoms with Gasteiger partial charge in [-0.3, -0.25) is 10.1 Å². The fraction of sp³-hybridized carbons (Fsp3) is 0.571. The van der Waals surface area contributed by atoms with E-state index in [2.05, 4.69) is 15.9 Å². The highest BCUT2D eigenvalue weighted by Crippen LogP contribution is 2.50. The molecule has 2 atom stereocenters. The highest BCUT2D eigenvalue weighted by molar-refractivity contribution is 9.10. The predicted octanol–water partition coefficient (Wildman–Crippen LogP) is 3.81. The molecule has 0 saturated heterocycles. The number of nitro groups is 1. The van der Waals surface area contributed by atoms with Gasteiger partial charge in [0.2, 0.25) is 0 Å². The molecule has 0 aromatic heterocycles. The Hall–Kier alpha value is -1.21. The molecule has 5 nitrogen and oxygen atoms in total. The molecular formula is C14H17BrFNO4. The molecule has 1 aliphatic rings. The minimum atomic E-state index is -0.617. The van der Waals surface area contributed by atoms with Crippen LogP contribution < -0.4 is 4.74 Å². The van der Waals surface area contributed by atoms with Crippen molar-refractivity contribution in [3.63, 3.8) is 0 Å². The summed E-state index contributed by atoms with van der Waals surface area (Å²) < 4.78 is 19.3. The van der Waals surface area contributed by atoms with Crippen molar-refractivity contribution < 1.29 is 19.2 Å². The van der Waals surface area contributed by atoms with E-state index < -0.39 is 22.3 Å². The van der Waals surface area contributed by atoms with Gasteiger partial charge in [-0.25, -0.2) is 4.39 Å². The number of aliphatic hydroxyl groups is 1. The summed E-state index contributed by atoms with van der Waals surface area (Å²) in [5.41, 5.74) is -0.706. The van der Waals surface area contributed by atoms with Crippen LogP contribution in [-0.4, -0.2) is 22.2 Å². The van der Waals surface area contributed by atoms with Crippen molar-refractivity contribution in [1.82, 2.24) is 0 Å². The Morgan fingerprint density at radius 2 is 2.14 bits per heavy atom. The fourth-order valence-electron chi connectivity index (χ4n) is 2.98. The number of ether oxygens (including phenoxy) is 1. The van der Waals surface area contributed by atoms with Crippen LogP contribution in [0.25, 0.3) is 0 Å². The summed E-state index contributed by atoms with van der Waals surface area (Å²) in [4.78, 5) is 10.5. The zero-order valence-corrected chi connectivity index (χ0v) is 13.4. The Balaban J connectivity index is 2.32. The van der Waals surface area contributed by atoms with Gasteiger partial charge in [-0.2, -0.15) is 0 Å². The van der Waals surface area contributed by atoms with E-state index in [-0.39, 0.29) is 22.0 Å². The van der Waals surface area contributed by atoms with E-state index in [0.717, 1.165) is 12.1 Å². The van der Waals surface area contributed by atoms with E-state index in [1.54, 1.807) is 0 Å². The highest BCUT2D eigenvalue weighted by Gasteiger charge is 2.54. The van der Waals surface area contributed by atoms with E-state index in [1.807, 2.05) is 13.8 Å². The van der Waals surface area contributed by atoms with Gasteiger partial charge in [-0.05, 0) is 28.8 Å². The largest absolute Gasteiger partial charge is 0.483 e. The molecule has 1 aromatic rings. The molecule has 2 unspecified atom stereocenters. The van der Waals surface area contributed by atoms with Crippen LogP contribution in [0.2, 0.25) is 0 Å². The van der Waals surface area contributed by atoms with Crippen molar-refractivity contribution in [3.05, 3.63) is 32.5 Å². The van der Waals surface area contributed by atoms with E-state index in [1.165, 1.54) is 0 Å². The Bertz CT molecular complexity index is 562. The highest BCUT2D eigenvalue weighted by atomic mass is 79.9. The van der Waals surface area contributed by atoms with Crippen LogP contribution in [0.5, 0.6) is 5.75 Å². The average Bonchev–Trinajstić information content (AvgIpc) is 2.43. The van der Waals surface area contributed by atoms with Gasteiger partial charge < -0.3 is 9.84 Å². The lowest BCUT2D eigenvalue weighted by Crippen LogP contribution is -2.59. The van der Waals surface area contributed by atoms with Gasteiger partial charge >= 0.3 is 5.69 Å². The molecule has 116 valence electrons. The molecule has 1 N–H and O–H groups in total. The number of halogens is 2. The van der Waals surface area contributed by atoms with Crippen LogP contribution in [0.3, 0.4) is 0 Å². The molecule has 7 heteroatoms. The molecule has 0 radical (unpaired) electrons. The fourth-order valence-corrected chi connectivity index (χ4v) is 3.31. The molecule has 1 fully saturated rings. The Morgan fingerprint density at radius 1 is 1.52 bits per heavy atom. The van der Waals surface area contributed by atoms with Crippen LogP contribution in [0.1, 0.15) is 33.1 Å². The maximum atomic E-state index is 13.6. The molecule has 0 heterocycles. The molecule has 1 saturated carbocycles. The standard InChI is InChI=1S/C14H17BrFNO4/c1-3-14(4-2)12(18)7-13(14)21-11-6-9(16)8(15)5-10(11)17(19)20/h5-6,12-13,18H,3-4,7H2,1-2H3. The summed E-state index contributed by atoms with van der Waals surface area (Å²) in [5, 5.41) is 21.1. The van der Waals surface area contributed by atoms with Gasteiger partial charge in [-0.15, -0.1) is 0 Å². The van der Waals surface area contributed by atoms with Crippen LogP contribution >= 0.6 is 15.9 Å². The number of nitrogens with zero attached hydrogens (tertiary/aromatic N) is 1. The maximum Gasteiger partial charge on any atom is 0.312 e. The molecule has 1 aliphatic carbocycles. The Kier molecular flexibility index (Phi) is 4.53. The minimum Gasteiger partial charge on any atom is -0.483 e. The first kappa shape index (κ1) is 16.2. The summed E-state index contributed by atoms with van der Waals surface area (Å²) in [5.74, 6) is -0.710. The third-order valence-corrected chi connectivity index (χ3v) is 5.13. The summed E-state index contributed by atoms with van der Waals surface area (Å²) >= 11 is 2.93. The van der Waals surface area contributed by atoms with Gasteiger partial charge in [0.05, 0.1) is 15.5 Å². The summed E-state index contributed by atoms with van der Waals surface area (Å²) in [6.45, 7) is 3.89. The van der Waals surface area contributed by atoms with Crippen molar-refractivity contribution in [2.24, 2.45) is 5.41 Å². The van der Waals surface area contributed by atoms with Crippen LogP contribution in [-0.2, 0) is 0 Å². The third-order valence-electron chi connectivity index (χ3n) is 4.53. The van der Waals surface area contributed by atoms with E-state index >= 15 is 0 Å². The molecular weight excluding hydrogens is 345 g/mol. The Morgan fingerprint density at radius 3 is 2.62 bits per heavy atom. The zero-order valence-electron chi connectivity index (χ0n) is 11.8. The third kappa shape index (κ3) is 2.64. The maximum absolute atomic E-state index is 13.6. The lowest BCUT2D eigenvalue weighted by atomic mass is 9.60. The number of hydrogen-bond donors (Lipinski definition) is 1. The van der Waals surface area contributed by atoms with Crippen LogP contribution in [0, 0.1) is 21.3 Å². The van der Waals surface area contributed by atoms with Crippen molar-refractivity contribution in [1.29, 1.82) is 0 Å². The van der Waals surface area contributed by atoms with Crippen LogP contribution in [0.4, 0.5) is 10.1 Å². The predicted molar refractivity (Wildman–Crippen MR) is 78.8 cm³/mol. The van der Waals surface area contributed by atoms with Gasteiger partial charge in [0.25, 0.3) is 0 Å².